The summed E-state index contributed by atoms with van der Waals surface area (Å²) < 4.78 is 16.0. The van der Waals surface area contributed by atoms with Gasteiger partial charge in [0.15, 0.2) is 0 Å². The monoisotopic (exact) mass is 467 g/mol. The summed E-state index contributed by atoms with van der Waals surface area (Å²) in [5.41, 5.74) is 0.818. The van der Waals surface area contributed by atoms with Gasteiger partial charge in [0.05, 0.1) is 11.6 Å². The molecule has 2 aliphatic heterocycles. The van der Waals surface area contributed by atoms with Gasteiger partial charge in [-0.25, -0.2) is 4.39 Å². The summed E-state index contributed by atoms with van der Waals surface area (Å²) >= 11 is 0. The average molecular weight is 468 g/mol. The number of carbonyl (C=O) groups is 2. The topological polar surface area (TPSA) is 91.6 Å². The third kappa shape index (κ3) is 3.47. The second kappa shape index (κ2) is 8.98. The van der Waals surface area contributed by atoms with Gasteiger partial charge in [-0.2, -0.15) is 0 Å². The van der Waals surface area contributed by atoms with Crippen LogP contribution >= 0.6 is 0 Å². The molecule has 2 fully saturated rings. The number of aromatic nitrogens is 1. The van der Waals surface area contributed by atoms with E-state index >= 15 is 0 Å². The van der Waals surface area contributed by atoms with Gasteiger partial charge in [-0.3, -0.25) is 14.4 Å². The molecule has 4 atom stereocenters. The lowest BCUT2D eigenvalue weighted by Gasteiger charge is -2.36. The maximum atomic E-state index is 14.4. The van der Waals surface area contributed by atoms with Gasteiger partial charge in [-0.05, 0) is 37.5 Å². The Morgan fingerprint density at radius 2 is 1.91 bits per heavy atom. The van der Waals surface area contributed by atoms with Crippen molar-refractivity contribution in [2.45, 2.75) is 51.2 Å². The van der Waals surface area contributed by atoms with Crippen LogP contribution in [0.3, 0.4) is 0 Å². The second-order valence-corrected chi connectivity index (χ2v) is 9.63. The molecule has 1 aliphatic carbocycles. The van der Waals surface area contributed by atoms with E-state index in [9.17, 15) is 23.9 Å². The van der Waals surface area contributed by atoms with Crippen LogP contribution in [-0.2, 0) is 16.1 Å². The molecule has 7 nitrogen and oxygen atoms in total. The van der Waals surface area contributed by atoms with Crippen LogP contribution < -0.4 is 10.9 Å². The minimum atomic E-state index is -0.769. The zero-order chi connectivity index (χ0) is 24.0. The summed E-state index contributed by atoms with van der Waals surface area (Å²) in [5.74, 6) is -1.68. The number of nitrogens with one attached hydrogen (secondary N) is 1. The number of hydrogen-bond acceptors (Lipinski definition) is 4. The Hall–Kier alpha value is -3.00. The van der Waals surface area contributed by atoms with Gasteiger partial charge >= 0.3 is 0 Å². The number of aliphatic hydroxyl groups excluding tert-OH is 1. The molecule has 0 spiro atoms. The number of nitrogens with zero attached hydrogens (tertiary/aromatic N) is 2. The minimum absolute atomic E-state index is 0.0760. The van der Waals surface area contributed by atoms with Crippen LogP contribution in [0.5, 0.6) is 0 Å². The van der Waals surface area contributed by atoms with Crippen LogP contribution in [0.1, 0.15) is 44.3 Å². The van der Waals surface area contributed by atoms with Gasteiger partial charge in [0.2, 0.25) is 11.8 Å². The highest BCUT2D eigenvalue weighted by Crippen LogP contribution is 2.50. The van der Waals surface area contributed by atoms with E-state index in [1.54, 1.807) is 39.8 Å². The fourth-order valence-corrected chi connectivity index (χ4v) is 5.83. The number of likely N-dealkylation sites (tertiary alicyclic amines) is 1. The van der Waals surface area contributed by atoms with Crippen molar-refractivity contribution in [3.05, 3.63) is 58.3 Å². The molecule has 2 N–H and O–H groups in total. The first kappa shape index (κ1) is 22.8. The van der Waals surface area contributed by atoms with E-state index in [0.29, 0.717) is 12.2 Å². The Morgan fingerprint density at radius 1 is 1.15 bits per heavy atom. The van der Waals surface area contributed by atoms with Crippen LogP contribution in [0.2, 0.25) is 0 Å². The maximum Gasteiger partial charge on any atom is 0.258 e. The maximum absolute atomic E-state index is 14.4. The number of carbonyl (C=O) groups excluding carboxylic acids is 2. The molecule has 3 aliphatic rings. The van der Waals surface area contributed by atoms with Crippen molar-refractivity contribution in [1.29, 1.82) is 0 Å². The number of halogens is 1. The number of aliphatic hydroxyl groups is 1. The summed E-state index contributed by atoms with van der Waals surface area (Å²) in [5, 5.41) is 13.2. The number of hydrogen-bond donors (Lipinski definition) is 2. The molecule has 2 aromatic rings. The van der Waals surface area contributed by atoms with Crippen LogP contribution in [0.15, 0.2) is 41.2 Å². The molecule has 1 saturated carbocycles. The van der Waals surface area contributed by atoms with Crippen molar-refractivity contribution >= 4 is 11.8 Å². The first-order valence-electron chi connectivity index (χ1n) is 12.2. The molecular weight excluding hydrogens is 437 g/mol. The Bertz CT molecular complexity index is 1170. The highest BCUT2D eigenvalue weighted by atomic mass is 19.1. The predicted octanol–water partition coefficient (Wildman–Crippen LogP) is 2.47. The Labute approximate surface area is 197 Å². The van der Waals surface area contributed by atoms with Gasteiger partial charge in [-0.15, -0.1) is 0 Å². The quantitative estimate of drug-likeness (QED) is 0.683. The van der Waals surface area contributed by atoms with E-state index in [-0.39, 0.29) is 53.5 Å². The zero-order valence-electron chi connectivity index (χ0n) is 19.2. The molecule has 3 heterocycles. The van der Waals surface area contributed by atoms with Crippen LogP contribution in [0.4, 0.5) is 4.39 Å². The van der Waals surface area contributed by atoms with Crippen molar-refractivity contribution in [2.24, 2.45) is 17.8 Å². The molecule has 5 rings (SSSR count). The Balaban J connectivity index is 1.58. The molecule has 8 heteroatoms. The molecule has 1 saturated heterocycles. The molecule has 0 unspecified atom stereocenters. The molecule has 0 radical (unpaired) electrons. The molecule has 2 amide bonds. The van der Waals surface area contributed by atoms with Gasteiger partial charge in [0, 0.05) is 48.7 Å². The Morgan fingerprint density at radius 3 is 2.56 bits per heavy atom. The summed E-state index contributed by atoms with van der Waals surface area (Å²) in [4.78, 5) is 41.8. The summed E-state index contributed by atoms with van der Waals surface area (Å²) in [6.07, 6.45) is 3.33. The fraction of sp³-hybridized carbons (Fsp3) is 0.500. The smallest absolute Gasteiger partial charge is 0.258 e. The fourth-order valence-electron chi connectivity index (χ4n) is 5.83. The number of amides is 2. The third-order valence-corrected chi connectivity index (χ3v) is 7.77. The molecule has 0 bridgehead atoms. The van der Waals surface area contributed by atoms with Gasteiger partial charge in [0.25, 0.3) is 5.56 Å². The van der Waals surface area contributed by atoms with Crippen molar-refractivity contribution in [3.8, 4) is 11.1 Å². The number of benzene rings is 1. The lowest BCUT2D eigenvalue weighted by Crippen LogP contribution is -2.52. The van der Waals surface area contributed by atoms with E-state index in [4.69, 9.17) is 0 Å². The summed E-state index contributed by atoms with van der Waals surface area (Å²) in [6.45, 7) is 2.47. The minimum Gasteiger partial charge on any atom is -0.396 e. The molecule has 180 valence electrons. The molecular formula is C26H30FN3O4. The largest absolute Gasteiger partial charge is 0.396 e. The molecule has 1 aromatic heterocycles. The standard InChI is InChI=1S/C26H30FN3O4/c1-2-12-28-24(32)23-19(14-31)18-13-29-21(22(18)30(23)25(33)15-6-5-7-15)11-10-17(26(29)34)16-8-3-4-9-20(16)27/h3-4,8-11,15,18-19,22-23,31H,2,5-7,12-14H2,1H3,(H,28,32)/t18-,19-,22+,23-/m0/s1. The number of rotatable bonds is 6. The number of fused-ring (bicyclic) bond motifs is 3. The zero-order valence-corrected chi connectivity index (χ0v) is 19.2. The van der Waals surface area contributed by atoms with Gasteiger partial charge in [-0.1, -0.05) is 31.5 Å². The van der Waals surface area contributed by atoms with Crippen LogP contribution in [0, 0.1) is 23.6 Å². The highest BCUT2D eigenvalue weighted by Gasteiger charge is 2.58. The van der Waals surface area contributed by atoms with Crippen LogP contribution in [0.25, 0.3) is 11.1 Å². The highest BCUT2D eigenvalue weighted by molar-refractivity contribution is 5.90. The lowest BCUT2D eigenvalue weighted by atomic mass is 9.84. The van der Waals surface area contributed by atoms with Crippen molar-refractivity contribution < 1.29 is 19.1 Å². The molecule has 34 heavy (non-hydrogen) atoms. The summed E-state index contributed by atoms with van der Waals surface area (Å²) in [6, 6.07) is 8.31. The van der Waals surface area contributed by atoms with E-state index < -0.39 is 23.8 Å². The first-order valence-corrected chi connectivity index (χ1v) is 12.2. The SMILES string of the molecule is CCCNC(=O)[C@@H]1[C@@H](CO)[C@@H]2Cn3c(ccc(-c4ccccc4F)c3=O)[C@@H]2N1C(=O)C1CCC1. The number of pyridine rings is 1. The summed E-state index contributed by atoms with van der Waals surface area (Å²) in [7, 11) is 0. The van der Waals surface area contributed by atoms with Crippen molar-refractivity contribution in [2.75, 3.05) is 13.2 Å². The van der Waals surface area contributed by atoms with E-state index in [0.717, 1.165) is 25.7 Å². The first-order chi connectivity index (χ1) is 16.5. The Kier molecular flexibility index (Phi) is 6.02. The lowest BCUT2D eigenvalue weighted by molar-refractivity contribution is -0.147. The van der Waals surface area contributed by atoms with Crippen LogP contribution in [-0.4, -0.2) is 45.6 Å². The van der Waals surface area contributed by atoms with Crippen molar-refractivity contribution in [3.63, 3.8) is 0 Å². The van der Waals surface area contributed by atoms with Crippen molar-refractivity contribution in [1.82, 2.24) is 14.8 Å². The van der Waals surface area contributed by atoms with Gasteiger partial charge < -0.3 is 19.9 Å². The second-order valence-electron chi connectivity index (χ2n) is 9.63. The van der Waals surface area contributed by atoms with E-state index in [1.165, 1.54) is 6.07 Å². The average Bonchev–Trinajstić information content (AvgIpc) is 3.32. The predicted molar refractivity (Wildman–Crippen MR) is 124 cm³/mol. The van der Waals surface area contributed by atoms with Gasteiger partial charge in [0.1, 0.15) is 11.9 Å². The molecule has 1 aromatic carbocycles. The van der Waals surface area contributed by atoms with E-state index in [2.05, 4.69) is 5.32 Å². The normalized spacial score (nSPS) is 25.6. The third-order valence-electron chi connectivity index (χ3n) is 7.77. The van der Waals surface area contributed by atoms with E-state index in [1.807, 2.05) is 6.92 Å².